The summed E-state index contributed by atoms with van der Waals surface area (Å²) in [6.07, 6.45) is 4.73. The standard InChI is InChI=1S/C18H21N5O3/c1-3-4-6-9-19-17(24)15-13-8-5-7-10-23(13)16(21-15)18(25)20-14-11-12(2)26-22-14/h5,7-8,10-11H,3-4,6,9H2,1-2H3,(H,19,24)(H,20,22,25). The first-order valence-corrected chi connectivity index (χ1v) is 8.60. The monoisotopic (exact) mass is 355 g/mol. The molecule has 0 saturated carbocycles. The molecule has 0 fully saturated rings. The number of rotatable bonds is 7. The Balaban J connectivity index is 1.84. The lowest BCUT2D eigenvalue weighted by atomic mass is 10.2. The average molecular weight is 355 g/mol. The number of nitrogens with one attached hydrogen (secondary N) is 2. The van der Waals surface area contributed by atoms with Crippen LogP contribution in [0.5, 0.6) is 0 Å². The topological polar surface area (TPSA) is 102 Å². The van der Waals surface area contributed by atoms with Gasteiger partial charge in [0, 0.05) is 18.8 Å². The van der Waals surface area contributed by atoms with Crippen molar-refractivity contribution in [3.05, 3.63) is 47.7 Å². The van der Waals surface area contributed by atoms with Crippen molar-refractivity contribution in [2.75, 3.05) is 11.9 Å². The van der Waals surface area contributed by atoms with Crippen LogP contribution >= 0.6 is 0 Å². The van der Waals surface area contributed by atoms with E-state index >= 15 is 0 Å². The third-order valence-electron chi connectivity index (χ3n) is 3.90. The number of fused-ring (bicyclic) bond motifs is 1. The summed E-state index contributed by atoms with van der Waals surface area (Å²) in [7, 11) is 0. The summed E-state index contributed by atoms with van der Waals surface area (Å²) in [4.78, 5) is 29.3. The van der Waals surface area contributed by atoms with Gasteiger partial charge in [-0.3, -0.25) is 14.0 Å². The largest absolute Gasteiger partial charge is 0.360 e. The van der Waals surface area contributed by atoms with Gasteiger partial charge in [-0.05, 0) is 25.5 Å². The molecule has 3 heterocycles. The number of nitrogens with zero attached hydrogens (tertiary/aromatic N) is 3. The highest BCUT2D eigenvalue weighted by Gasteiger charge is 2.21. The average Bonchev–Trinajstić information content (AvgIpc) is 3.22. The Morgan fingerprint density at radius 2 is 2.08 bits per heavy atom. The molecule has 0 aliphatic carbocycles. The van der Waals surface area contributed by atoms with Gasteiger partial charge in [0.1, 0.15) is 5.76 Å². The third-order valence-corrected chi connectivity index (χ3v) is 3.90. The number of unbranched alkanes of at least 4 members (excludes halogenated alkanes) is 2. The maximum absolute atomic E-state index is 12.6. The number of hydrogen-bond acceptors (Lipinski definition) is 5. The first kappa shape index (κ1) is 17.7. The molecule has 26 heavy (non-hydrogen) atoms. The van der Waals surface area contributed by atoms with Crippen molar-refractivity contribution in [3.8, 4) is 0 Å². The van der Waals surface area contributed by atoms with E-state index in [2.05, 4.69) is 27.7 Å². The van der Waals surface area contributed by atoms with Crippen LogP contribution < -0.4 is 10.6 Å². The number of amides is 2. The van der Waals surface area contributed by atoms with E-state index < -0.39 is 5.91 Å². The molecule has 8 heteroatoms. The van der Waals surface area contributed by atoms with Gasteiger partial charge in [-0.15, -0.1) is 0 Å². The summed E-state index contributed by atoms with van der Waals surface area (Å²) in [6, 6.07) is 6.93. The van der Waals surface area contributed by atoms with E-state index in [1.165, 1.54) is 0 Å². The molecule has 0 radical (unpaired) electrons. The van der Waals surface area contributed by atoms with Gasteiger partial charge in [0.05, 0.1) is 5.52 Å². The molecule has 0 spiro atoms. The van der Waals surface area contributed by atoms with Crippen LogP contribution in [0.25, 0.3) is 5.52 Å². The zero-order valence-corrected chi connectivity index (χ0v) is 14.8. The van der Waals surface area contributed by atoms with E-state index in [9.17, 15) is 9.59 Å². The smallest absolute Gasteiger partial charge is 0.293 e. The maximum Gasteiger partial charge on any atom is 0.293 e. The van der Waals surface area contributed by atoms with Gasteiger partial charge < -0.3 is 15.2 Å². The second-order valence-corrected chi connectivity index (χ2v) is 5.98. The predicted molar refractivity (Wildman–Crippen MR) is 96.2 cm³/mol. The van der Waals surface area contributed by atoms with Gasteiger partial charge >= 0.3 is 0 Å². The second-order valence-electron chi connectivity index (χ2n) is 5.98. The molecule has 8 nitrogen and oxygen atoms in total. The molecule has 0 aliphatic heterocycles. The summed E-state index contributed by atoms with van der Waals surface area (Å²) in [5.74, 6) is 0.233. The van der Waals surface area contributed by atoms with Crippen LogP contribution in [0.2, 0.25) is 0 Å². The molecule has 0 aliphatic rings. The highest BCUT2D eigenvalue weighted by atomic mass is 16.5. The van der Waals surface area contributed by atoms with E-state index in [0.29, 0.717) is 23.6 Å². The molecule has 0 saturated heterocycles. The molecule has 0 aromatic carbocycles. The van der Waals surface area contributed by atoms with Crippen molar-refractivity contribution < 1.29 is 14.1 Å². The SMILES string of the molecule is CCCCCNC(=O)c1nc(C(=O)Nc2cc(C)on2)n2ccccc12. The fourth-order valence-electron chi connectivity index (χ4n) is 2.62. The minimum absolute atomic E-state index is 0.111. The number of anilines is 1. The van der Waals surface area contributed by atoms with Gasteiger partial charge in [-0.1, -0.05) is 31.0 Å². The normalized spacial score (nSPS) is 10.8. The quantitative estimate of drug-likeness (QED) is 0.635. The van der Waals surface area contributed by atoms with E-state index in [1.807, 2.05) is 0 Å². The maximum atomic E-state index is 12.6. The van der Waals surface area contributed by atoms with E-state index in [1.54, 1.807) is 41.8 Å². The fourth-order valence-corrected chi connectivity index (χ4v) is 2.62. The molecule has 136 valence electrons. The number of carbonyl (C=O) groups is 2. The molecule has 2 amide bonds. The Kier molecular flexibility index (Phi) is 5.31. The zero-order valence-electron chi connectivity index (χ0n) is 14.8. The first-order chi connectivity index (χ1) is 12.6. The Hall–Kier alpha value is -3.16. The highest BCUT2D eigenvalue weighted by Crippen LogP contribution is 2.15. The van der Waals surface area contributed by atoms with Gasteiger partial charge in [0.25, 0.3) is 11.8 Å². The van der Waals surface area contributed by atoms with Crippen LogP contribution in [0.3, 0.4) is 0 Å². The number of imidazole rings is 1. The van der Waals surface area contributed by atoms with E-state index in [0.717, 1.165) is 19.3 Å². The van der Waals surface area contributed by atoms with Crippen LogP contribution in [0, 0.1) is 6.92 Å². The Morgan fingerprint density at radius 3 is 2.81 bits per heavy atom. The van der Waals surface area contributed by atoms with Crippen LogP contribution in [0.1, 0.15) is 53.1 Å². The summed E-state index contributed by atoms with van der Waals surface area (Å²) in [6.45, 7) is 4.42. The van der Waals surface area contributed by atoms with Crippen molar-refractivity contribution in [3.63, 3.8) is 0 Å². The summed E-state index contributed by atoms with van der Waals surface area (Å²) >= 11 is 0. The van der Waals surface area contributed by atoms with Crippen molar-refractivity contribution >= 4 is 23.1 Å². The molecular formula is C18H21N5O3. The Labute approximate surface area is 150 Å². The predicted octanol–water partition coefficient (Wildman–Crippen LogP) is 2.80. The molecule has 3 rings (SSSR count). The highest BCUT2D eigenvalue weighted by molar-refractivity contribution is 6.05. The van der Waals surface area contributed by atoms with Crippen LogP contribution in [0.4, 0.5) is 5.82 Å². The summed E-state index contributed by atoms with van der Waals surface area (Å²) < 4.78 is 6.53. The second kappa shape index (κ2) is 7.81. The van der Waals surface area contributed by atoms with Gasteiger partial charge in [0.2, 0.25) is 5.82 Å². The van der Waals surface area contributed by atoms with Crippen molar-refractivity contribution in [2.24, 2.45) is 0 Å². The van der Waals surface area contributed by atoms with Crippen LogP contribution in [-0.4, -0.2) is 32.9 Å². The summed E-state index contributed by atoms with van der Waals surface area (Å²) in [5.41, 5.74) is 0.797. The van der Waals surface area contributed by atoms with Gasteiger partial charge in [0.15, 0.2) is 11.5 Å². The van der Waals surface area contributed by atoms with Gasteiger partial charge in [-0.25, -0.2) is 4.98 Å². The Bertz CT molecular complexity index is 928. The fraction of sp³-hybridized carbons (Fsp3) is 0.333. The van der Waals surface area contributed by atoms with Crippen LogP contribution in [-0.2, 0) is 0 Å². The van der Waals surface area contributed by atoms with Crippen LogP contribution in [0.15, 0.2) is 35.0 Å². The first-order valence-electron chi connectivity index (χ1n) is 8.60. The van der Waals surface area contributed by atoms with Crippen molar-refractivity contribution in [2.45, 2.75) is 33.1 Å². The minimum Gasteiger partial charge on any atom is -0.360 e. The lowest BCUT2D eigenvalue weighted by molar-refractivity contribution is 0.0950. The van der Waals surface area contributed by atoms with Crippen molar-refractivity contribution in [1.82, 2.24) is 19.9 Å². The number of hydrogen-bond donors (Lipinski definition) is 2. The summed E-state index contributed by atoms with van der Waals surface area (Å²) in [5, 5.41) is 9.22. The zero-order chi connectivity index (χ0) is 18.5. The van der Waals surface area contributed by atoms with E-state index in [-0.39, 0.29) is 17.4 Å². The minimum atomic E-state index is -0.468. The molecule has 3 aromatic heterocycles. The number of aromatic nitrogens is 3. The lowest BCUT2D eigenvalue weighted by Gasteiger charge is -2.02. The number of pyridine rings is 1. The van der Waals surface area contributed by atoms with Gasteiger partial charge in [-0.2, -0.15) is 0 Å². The lowest BCUT2D eigenvalue weighted by Crippen LogP contribution is -2.25. The molecular weight excluding hydrogens is 334 g/mol. The molecule has 0 bridgehead atoms. The third kappa shape index (κ3) is 3.74. The Morgan fingerprint density at radius 1 is 1.23 bits per heavy atom. The number of aryl methyl sites for hydroxylation is 1. The molecule has 0 atom stereocenters. The van der Waals surface area contributed by atoms with Crippen molar-refractivity contribution in [1.29, 1.82) is 0 Å². The van der Waals surface area contributed by atoms with E-state index in [4.69, 9.17) is 4.52 Å². The molecule has 3 aromatic rings. The molecule has 2 N–H and O–H groups in total. The molecule has 0 unspecified atom stereocenters. The number of carbonyl (C=O) groups excluding carboxylic acids is 2.